The molecule has 0 spiro atoms. The van der Waals surface area contributed by atoms with Gasteiger partial charge in [-0.05, 0) is 42.7 Å². The van der Waals surface area contributed by atoms with Gasteiger partial charge < -0.3 is 9.47 Å². The van der Waals surface area contributed by atoms with E-state index in [4.69, 9.17) is 9.47 Å². The monoisotopic (exact) mass is 291 g/mol. The minimum Gasteiger partial charge on any atom is -0.465 e. The van der Waals surface area contributed by atoms with Crippen LogP contribution in [0.3, 0.4) is 0 Å². The van der Waals surface area contributed by atoms with E-state index in [0.29, 0.717) is 5.76 Å². The highest BCUT2D eigenvalue weighted by atomic mass is 16.5. The molecule has 0 radical (unpaired) electrons. The molecule has 1 aromatic rings. The molecule has 110 valence electrons. The molecule has 1 aliphatic carbocycles. The maximum Gasteiger partial charge on any atom is 0.165 e. The molecule has 0 aromatic carbocycles. The molecule has 0 amide bonds. The van der Waals surface area contributed by atoms with E-state index < -0.39 is 0 Å². The van der Waals surface area contributed by atoms with Gasteiger partial charge in [-0.15, -0.1) is 0 Å². The Morgan fingerprint density at radius 1 is 1.09 bits per heavy atom. The highest BCUT2D eigenvalue weighted by molar-refractivity contribution is 5.46. The summed E-state index contributed by atoms with van der Waals surface area (Å²) in [6.45, 7) is 0. The molecule has 3 nitrogen and oxygen atoms in total. The topological polar surface area (TPSA) is 31.4 Å². The maximum atomic E-state index is 5.84. The summed E-state index contributed by atoms with van der Waals surface area (Å²) < 4.78 is 11.2. The zero-order chi connectivity index (χ0) is 15.0. The Morgan fingerprint density at radius 3 is 2.86 bits per heavy atom. The number of allylic oxidation sites excluding steroid dienone is 7. The van der Waals surface area contributed by atoms with Gasteiger partial charge in [0.05, 0.1) is 5.69 Å². The predicted octanol–water partition coefficient (Wildman–Crippen LogP) is 4.66. The van der Waals surface area contributed by atoms with Crippen LogP contribution in [0.5, 0.6) is 0 Å². The number of hydrogen-bond acceptors (Lipinski definition) is 3. The third kappa shape index (κ3) is 3.85. The molecule has 0 fully saturated rings. The van der Waals surface area contributed by atoms with Crippen LogP contribution in [0.2, 0.25) is 0 Å². The maximum absolute atomic E-state index is 5.84. The van der Waals surface area contributed by atoms with Crippen LogP contribution in [0, 0.1) is 0 Å². The first-order chi connectivity index (χ1) is 10.9. The van der Waals surface area contributed by atoms with Crippen molar-refractivity contribution < 1.29 is 9.47 Å². The molecule has 0 unspecified atom stereocenters. The fourth-order valence-electron chi connectivity index (χ4n) is 2.14. The Balaban J connectivity index is 1.58. The van der Waals surface area contributed by atoms with Crippen molar-refractivity contribution in [2.75, 3.05) is 0 Å². The Bertz CT molecular complexity index is 691. The van der Waals surface area contributed by atoms with Crippen LogP contribution in [-0.4, -0.2) is 4.98 Å². The van der Waals surface area contributed by atoms with Crippen molar-refractivity contribution in [2.24, 2.45) is 0 Å². The first kappa shape index (κ1) is 14.1. The van der Waals surface area contributed by atoms with Gasteiger partial charge in [0.1, 0.15) is 12.5 Å². The quantitative estimate of drug-likeness (QED) is 0.756. The van der Waals surface area contributed by atoms with Gasteiger partial charge >= 0.3 is 0 Å². The van der Waals surface area contributed by atoms with Crippen molar-refractivity contribution in [1.29, 1.82) is 0 Å². The van der Waals surface area contributed by atoms with Crippen molar-refractivity contribution in [3.63, 3.8) is 0 Å². The highest BCUT2D eigenvalue weighted by Gasteiger charge is 2.13. The van der Waals surface area contributed by atoms with Gasteiger partial charge in [0.15, 0.2) is 11.5 Å². The lowest BCUT2D eigenvalue weighted by molar-refractivity contribution is 0.240. The van der Waals surface area contributed by atoms with Gasteiger partial charge in [-0.1, -0.05) is 36.4 Å². The molecule has 2 aliphatic rings. The zero-order valence-electron chi connectivity index (χ0n) is 12.2. The lowest BCUT2D eigenvalue weighted by atomic mass is 10.0. The Morgan fingerprint density at radius 2 is 2.05 bits per heavy atom. The summed E-state index contributed by atoms with van der Waals surface area (Å²) in [5, 5.41) is 0. The van der Waals surface area contributed by atoms with Crippen LogP contribution in [0.15, 0.2) is 90.5 Å². The van der Waals surface area contributed by atoms with E-state index in [0.717, 1.165) is 29.9 Å². The molecule has 0 atom stereocenters. The Kier molecular flexibility index (Phi) is 4.67. The smallest absolute Gasteiger partial charge is 0.165 e. The van der Waals surface area contributed by atoms with E-state index in [9.17, 15) is 0 Å². The summed E-state index contributed by atoms with van der Waals surface area (Å²) >= 11 is 0. The lowest BCUT2D eigenvalue weighted by Crippen LogP contribution is -2.02. The molecule has 3 heteroatoms. The van der Waals surface area contributed by atoms with Gasteiger partial charge in [0, 0.05) is 6.20 Å². The number of hydrogen-bond donors (Lipinski definition) is 0. The van der Waals surface area contributed by atoms with Crippen LogP contribution in [-0.2, 0) is 9.47 Å². The van der Waals surface area contributed by atoms with Crippen molar-refractivity contribution in [2.45, 2.75) is 12.8 Å². The molecule has 3 rings (SSSR count). The van der Waals surface area contributed by atoms with E-state index in [1.807, 2.05) is 48.6 Å². The van der Waals surface area contributed by atoms with Crippen molar-refractivity contribution in [3.8, 4) is 0 Å². The van der Waals surface area contributed by atoms with Gasteiger partial charge in [-0.3, -0.25) is 4.98 Å². The number of nitrogens with zero attached hydrogens (tertiary/aromatic N) is 1. The molecule has 0 bridgehead atoms. The molecule has 0 saturated carbocycles. The lowest BCUT2D eigenvalue weighted by Gasteiger charge is -2.17. The molecule has 0 saturated heterocycles. The third-order valence-electron chi connectivity index (χ3n) is 3.24. The fourth-order valence-corrected chi connectivity index (χ4v) is 2.14. The first-order valence-electron chi connectivity index (χ1n) is 7.27. The van der Waals surface area contributed by atoms with Gasteiger partial charge in [0.2, 0.25) is 0 Å². The molecule has 1 aliphatic heterocycles. The summed E-state index contributed by atoms with van der Waals surface area (Å²) in [6.07, 6.45) is 20.9. The van der Waals surface area contributed by atoms with Crippen molar-refractivity contribution in [1.82, 2.24) is 4.98 Å². The SMILES string of the molecule is C1=CCCC(C2=COC=C(C=CC=Cc3ccccn3)O2)=C1. The summed E-state index contributed by atoms with van der Waals surface area (Å²) in [4.78, 5) is 4.22. The van der Waals surface area contributed by atoms with Gasteiger partial charge in [0.25, 0.3) is 0 Å². The number of rotatable bonds is 4. The van der Waals surface area contributed by atoms with Crippen LogP contribution in [0.4, 0.5) is 0 Å². The second-order valence-corrected chi connectivity index (χ2v) is 4.87. The fraction of sp³-hybridized carbons (Fsp3) is 0.105. The van der Waals surface area contributed by atoms with E-state index in [1.165, 1.54) is 0 Å². The zero-order valence-corrected chi connectivity index (χ0v) is 12.2. The summed E-state index contributed by atoms with van der Waals surface area (Å²) in [6, 6.07) is 5.81. The van der Waals surface area contributed by atoms with E-state index in [1.54, 1.807) is 18.7 Å². The van der Waals surface area contributed by atoms with Crippen molar-refractivity contribution in [3.05, 3.63) is 96.2 Å². The molecule has 0 N–H and O–H groups in total. The largest absolute Gasteiger partial charge is 0.465 e. The predicted molar refractivity (Wildman–Crippen MR) is 87.2 cm³/mol. The van der Waals surface area contributed by atoms with Crippen LogP contribution in [0.1, 0.15) is 18.5 Å². The number of aromatic nitrogens is 1. The third-order valence-corrected chi connectivity index (χ3v) is 3.24. The van der Waals surface area contributed by atoms with Crippen LogP contribution >= 0.6 is 0 Å². The molecule has 22 heavy (non-hydrogen) atoms. The Hall–Kier alpha value is -2.81. The van der Waals surface area contributed by atoms with Gasteiger partial charge in [-0.25, -0.2) is 0 Å². The molecule has 2 heterocycles. The summed E-state index contributed by atoms with van der Waals surface area (Å²) in [7, 11) is 0. The number of ether oxygens (including phenoxy) is 2. The normalized spacial score (nSPS) is 17.7. The second kappa shape index (κ2) is 7.27. The second-order valence-electron chi connectivity index (χ2n) is 4.87. The standard InChI is InChI=1S/C19H17NO2/c1-2-8-16(9-3-1)19-15-21-14-18(22-19)12-5-4-10-17-11-6-7-13-20-17/h1-2,4-8,10-15H,3,9H2. The molecular formula is C19H17NO2. The summed E-state index contributed by atoms with van der Waals surface area (Å²) in [5.74, 6) is 1.46. The minimum absolute atomic E-state index is 0.679. The first-order valence-corrected chi connectivity index (χ1v) is 7.27. The summed E-state index contributed by atoms with van der Waals surface area (Å²) in [5.41, 5.74) is 2.08. The van der Waals surface area contributed by atoms with Crippen molar-refractivity contribution >= 4 is 6.08 Å². The van der Waals surface area contributed by atoms with Crippen LogP contribution < -0.4 is 0 Å². The van der Waals surface area contributed by atoms with Crippen LogP contribution in [0.25, 0.3) is 6.08 Å². The van der Waals surface area contributed by atoms with E-state index in [2.05, 4.69) is 17.1 Å². The van der Waals surface area contributed by atoms with E-state index in [-0.39, 0.29) is 0 Å². The minimum atomic E-state index is 0.679. The number of pyridine rings is 1. The van der Waals surface area contributed by atoms with E-state index >= 15 is 0 Å². The molecular weight excluding hydrogens is 274 g/mol. The molecule has 1 aromatic heterocycles. The Labute approximate surface area is 130 Å². The highest BCUT2D eigenvalue weighted by Crippen LogP contribution is 2.26. The average molecular weight is 291 g/mol. The van der Waals surface area contributed by atoms with Gasteiger partial charge in [-0.2, -0.15) is 0 Å². The average Bonchev–Trinajstić information content (AvgIpc) is 2.61.